The Labute approximate surface area is 164 Å². The second kappa shape index (κ2) is 9.88. The summed E-state index contributed by atoms with van der Waals surface area (Å²) < 4.78 is 4.93. The summed E-state index contributed by atoms with van der Waals surface area (Å²) in [6.07, 6.45) is 5.98. The van der Waals surface area contributed by atoms with Gasteiger partial charge in [-0.1, -0.05) is 49.6 Å². The zero-order valence-corrected chi connectivity index (χ0v) is 15.9. The number of hydrogen-bond donors (Lipinski definition) is 2. The first-order valence-corrected chi connectivity index (χ1v) is 9.81. The van der Waals surface area contributed by atoms with Gasteiger partial charge in [-0.25, -0.2) is 0 Å². The lowest BCUT2D eigenvalue weighted by Gasteiger charge is -2.21. The molecule has 0 bridgehead atoms. The van der Waals surface area contributed by atoms with E-state index < -0.39 is 5.97 Å². The Morgan fingerprint density at radius 3 is 2.46 bits per heavy atom. The third-order valence-electron chi connectivity index (χ3n) is 5.08. The van der Waals surface area contributed by atoms with E-state index in [-0.39, 0.29) is 25.0 Å². The summed E-state index contributed by atoms with van der Waals surface area (Å²) in [4.78, 5) is 35.8. The van der Waals surface area contributed by atoms with Crippen LogP contribution in [0.25, 0.3) is 10.8 Å². The Bertz CT molecular complexity index is 843. The highest BCUT2D eigenvalue weighted by molar-refractivity contribution is 5.99. The first-order valence-electron chi connectivity index (χ1n) is 9.81. The van der Waals surface area contributed by atoms with Gasteiger partial charge in [0.25, 0.3) is 11.8 Å². The van der Waals surface area contributed by atoms with E-state index in [2.05, 4.69) is 10.6 Å². The quantitative estimate of drug-likeness (QED) is 0.721. The van der Waals surface area contributed by atoms with Gasteiger partial charge in [0.2, 0.25) is 0 Å². The molecule has 1 aliphatic carbocycles. The van der Waals surface area contributed by atoms with Gasteiger partial charge in [0.05, 0.1) is 0 Å². The molecule has 28 heavy (non-hydrogen) atoms. The average Bonchev–Trinajstić information content (AvgIpc) is 2.75. The minimum atomic E-state index is -0.637. The molecule has 6 nitrogen and oxygen atoms in total. The fraction of sp³-hybridized carbons (Fsp3) is 0.409. The van der Waals surface area contributed by atoms with E-state index >= 15 is 0 Å². The lowest BCUT2D eigenvalue weighted by atomic mass is 9.89. The molecule has 2 amide bonds. The monoisotopic (exact) mass is 382 g/mol. The second-order valence-corrected chi connectivity index (χ2v) is 7.21. The van der Waals surface area contributed by atoms with E-state index in [1.54, 1.807) is 12.1 Å². The Kier molecular flexibility index (Phi) is 7.00. The number of benzene rings is 2. The normalized spacial score (nSPS) is 14.4. The molecule has 1 saturated carbocycles. The summed E-state index contributed by atoms with van der Waals surface area (Å²) in [7, 11) is 0. The zero-order valence-electron chi connectivity index (χ0n) is 15.9. The first-order chi connectivity index (χ1) is 13.6. The molecule has 1 aliphatic rings. The Morgan fingerprint density at radius 2 is 1.68 bits per heavy atom. The van der Waals surface area contributed by atoms with Gasteiger partial charge >= 0.3 is 5.97 Å². The number of ether oxygens (including phenoxy) is 1. The second-order valence-electron chi connectivity index (χ2n) is 7.21. The van der Waals surface area contributed by atoms with E-state index in [9.17, 15) is 14.4 Å². The average molecular weight is 382 g/mol. The number of rotatable bonds is 7. The van der Waals surface area contributed by atoms with Gasteiger partial charge in [-0.15, -0.1) is 0 Å². The van der Waals surface area contributed by atoms with Gasteiger partial charge in [0.15, 0.2) is 6.61 Å². The van der Waals surface area contributed by atoms with Crippen molar-refractivity contribution in [3.63, 3.8) is 0 Å². The van der Waals surface area contributed by atoms with Gasteiger partial charge in [-0.3, -0.25) is 14.4 Å². The summed E-state index contributed by atoms with van der Waals surface area (Å²) in [5.41, 5.74) is 0.469. The number of carbonyl (C=O) groups excluding carboxylic acids is 3. The van der Waals surface area contributed by atoms with Gasteiger partial charge in [0.1, 0.15) is 6.54 Å². The van der Waals surface area contributed by atoms with Crippen molar-refractivity contribution in [1.29, 1.82) is 0 Å². The molecule has 0 atom stereocenters. The molecule has 2 aromatic carbocycles. The van der Waals surface area contributed by atoms with Crippen LogP contribution in [0.2, 0.25) is 0 Å². The molecular formula is C22H26N2O4. The van der Waals surface area contributed by atoms with Crippen molar-refractivity contribution in [3.8, 4) is 0 Å². The van der Waals surface area contributed by atoms with Crippen LogP contribution in [0.4, 0.5) is 0 Å². The van der Waals surface area contributed by atoms with Crippen molar-refractivity contribution in [1.82, 2.24) is 10.6 Å². The highest BCUT2D eigenvalue weighted by Crippen LogP contribution is 2.22. The molecule has 6 heteroatoms. The largest absolute Gasteiger partial charge is 0.454 e. The van der Waals surface area contributed by atoms with Crippen LogP contribution >= 0.6 is 0 Å². The van der Waals surface area contributed by atoms with Crippen LogP contribution in [-0.2, 0) is 14.3 Å². The molecule has 0 aliphatic heterocycles. The predicted molar refractivity (Wildman–Crippen MR) is 107 cm³/mol. The van der Waals surface area contributed by atoms with Crippen molar-refractivity contribution in [2.24, 2.45) is 5.92 Å². The summed E-state index contributed by atoms with van der Waals surface area (Å²) in [6, 6.07) is 13.1. The van der Waals surface area contributed by atoms with E-state index in [0.717, 1.165) is 23.6 Å². The molecule has 0 spiro atoms. The van der Waals surface area contributed by atoms with E-state index in [1.807, 2.05) is 30.3 Å². The SMILES string of the molecule is O=C(COC(=O)CNC(=O)c1ccc2ccccc2c1)NCC1CCCCC1. The molecule has 2 aromatic rings. The summed E-state index contributed by atoms with van der Waals surface area (Å²) in [5.74, 6) is -0.777. The number of hydrogen-bond acceptors (Lipinski definition) is 4. The summed E-state index contributed by atoms with van der Waals surface area (Å²) in [5, 5.41) is 7.33. The maximum atomic E-state index is 12.2. The van der Waals surface area contributed by atoms with Crippen molar-refractivity contribution in [2.45, 2.75) is 32.1 Å². The molecule has 0 radical (unpaired) electrons. The Balaban J connectivity index is 1.37. The molecule has 0 saturated heterocycles. The van der Waals surface area contributed by atoms with Crippen LogP contribution in [0.15, 0.2) is 42.5 Å². The molecule has 148 valence electrons. The van der Waals surface area contributed by atoms with Gasteiger partial charge in [0, 0.05) is 12.1 Å². The third kappa shape index (κ3) is 5.81. The smallest absolute Gasteiger partial charge is 0.325 e. The maximum Gasteiger partial charge on any atom is 0.325 e. The molecule has 1 fully saturated rings. The van der Waals surface area contributed by atoms with Crippen LogP contribution in [-0.4, -0.2) is 37.5 Å². The van der Waals surface area contributed by atoms with Crippen LogP contribution in [0.5, 0.6) is 0 Å². The maximum absolute atomic E-state index is 12.2. The number of esters is 1. The molecule has 0 unspecified atom stereocenters. The molecule has 0 heterocycles. The van der Waals surface area contributed by atoms with Gasteiger partial charge in [-0.05, 0) is 41.7 Å². The van der Waals surface area contributed by atoms with Crippen molar-refractivity contribution in [2.75, 3.05) is 19.7 Å². The molecular weight excluding hydrogens is 356 g/mol. The van der Waals surface area contributed by atoms with E-state index in [4.69, 9.17) is 4.74 Å². The van der Waals surface area contributed by atoms with Crippen molar-refractivity contribution < 1.29 is 19.1 Å². The zero-order chi connectivity index (χ0) is 19.8. The standard InChI is InChI=1S/C22H26N2O4/c25-20(23-13-16-6-2-1-3-7-16)15-28-21(26)14-24-22(27)19-11-10-17-8-4-5-9-18(17)12-19/h4-5,8-12,16H,1-3,6-7,13-15H2,(H,23,25)(H,24,27). The van der Waals surface area contributed by atoms with Crippen LogP contribution in [0, 0.1) is 5.92 Å². The van der Waals surface area contributed by atoms with Crippen molar-refractivity contribution in [3.05, 3.63) is 48.0 Å². The van der Waals surface area contributed by atoms with Crippen LogP contribution < -0.4 is 10.6 Å². The molecule has 3 rings (SSSR count). The molecule has 0 aromatic heterocycles. The van der Waals surface area contributed by atoms with E-state index in [1.165, 1.54) is 19.3 Å². The summed E-state index contributed by atoms with van der Waals surface area (Å²) in [6.45, 7) is 0.0358. The highest BCUT2D eigenvalue weighted by atomic mass is 16.5. The van der Waals surface area contributed by atoms with E-state index in [0.29, 0.717) is 18.0 Å². The Hall–Kier alpha value is -2.89. The number of amides is 2. The van der Waals surface area contributed by atoms with Crippen LogP contribution in [0.3, 0.4) is 0 Å². The highest BCUT2D eigenvalue weighted by Gasteiger charge is 2.15. The fourth-order valence-corrected chi connectivity index (χ4v) is 3.48. The number of carbonyl (C=O) groups is 3. The molecule has 2 N–H and O–H groups in total. The number of nitrogens with one attached hydrogen (secondary N) is 2. The fourth-order valence-electron chi connectivity index (χ4n) is 3.48. The Morgan fingerprint density at radius 1 is 0.929 bits per heavy atom. The van der Waals surface area contributed by atoms with Crippen molar-refractivity contribution >= 4 is 28.6 Å². The van der Waals surface area contributed by atoms with Gasteiger partial charge in [-0.2, -0.15) is 0 Å². The summed E-state index contributed by atoms with van der Waals surface area (Å²) >= 11 is 0. The lowest BCUT2D eigenvalue weighted by Crippen LogP contribution is -2.36. The van der Waals surface area contributed by atoms with Crippen LogP contribution in [0.1, 0.15) is 42.5 Å². The minimum absolute atomic E-state index is 0.276. The first kappa shape index (κ1) is 19.9. The lowest BCUT2D eigenvalue weighted by molar-refractivity contribution is -0.147. The van der Waals surface area contributed by atoms with Gasteiger partial charge < -0.3 is 15.4 Å². The minimum Gasteiger partial charge on any atom is -0.454 e. The predicted octanol–water partition coefficient (Wildman–Crippen LogP) is 2.81. The topological polar surface area (TPSA) is 84.5 Å². The third-order valence-corrected chi connectivity index (χ3v) is 5.08. The number of fused-ring (bicyclic) bond motifs is 1.